The smallest absolute Gasteiger partial charge is 0.191 e. The van der Waals surface area contributed by atoms with Crippen molar-refractivity contribution in [1.82, 2.24) is 9.97 Å². The van der Waals surface area contributed by atoms with Gasteiger partial charge in [-0.2, -0.15) is 0 Å². The van der Waals surface area contributed by atoms with Gasteiger partial charge in [0.1, 0.15) is 11.6 Å². The molecule has 4 N–H and O–H groups in total. The van der Waals surface area contributed by atoms with Crippen LogP contribution in [-0.4, -0.2) is 52.2 Å². The summed E-state index contributed by atoms with van der Waals surface area (Å²) in [4.78, 5) is 8.60. The third-order valence-electron chi connectivity index (χ3n) is 2.24. The highest BCUT2D eigenvalue weighted by Crippen LogP contribution is 2.17. The van der Waals surface area contributed by atoms with Gasteiger partial charge in [-0.1, -0.05) is 18.7 Å². The lowest BCUT2D eigenvalue weighted by atomic mass is 10.3. The van der Waals surface area contributed by atoms with E-state index in [2.05, 4.69) is 27.5 Å². The van der Waals surface area contributed by atoms with Crippen LogP contribution in [0.1, 0.15) is 13.3 Å². The maximum atomic E-state index is 9.04. The molecule has 0 aliphatic rings. The summed E-state index contributed by atoms with van der Waals surface area (Å²) in [5.41, 5.74) is 0. The number of aliphatic hydroxyl groups is 2. The summed E-state index contributed by atoms with van der Waals surface area (Å²) in [5.74, 6) is 1.34. The Kier molecular flexibility index (Phi) is 6.77. The van der Waals surface area contributed by atoms with Gasteiger partial charge in [-0.05, 0) is 12.7 Å². The molecule has 0 radical (unpaired) electrons. The SMILES string of the molecule is CCCNc1cc(NC(CO)CO)nc(SC)n1. The minimum atomic E-state index is -0.409. The van der Waals surface area contributed by atoms with E-state index < -0.39 is 6.04 Å². The Hall–Kier alpha value is -1.05. The van der Waals surface area contributed by atoms with E-state index in [1.54, 1.807) is 6.07 Å². The molecule has 0 fully saturated rings. The van der Waals surface area contributed by atoms with Crippen molar-refractivity contribution in [2.75, 3.05) is 36.6 Å². The molecule has 6 nitrogen and oxygen atoms in total. The van der Waals surface area contributed by atoms with Gasteiger partial charge in [-0.15, -0.1) is 0 Å². The first kappa shape index (κ1) is 15.0. The van der Waals surface area contributed by atoms with E-state index in [0.717, 1.165) is 18.8 Å². The van der Waals surface area contributed by atoms with Crippen LogP contribution in [0.3, 0.4) is 0 Å². The number of thioether (sulfide) groups is 1. The van der Waals surface area contributed by atoms with Crippen LogP contribution in [0.25, 0.3) is 0 Å². The minimum Gasteiger partial charge on any atom is -0.394 e. The average Bonchev–Trinajstić information content (AvgIpc) is 2.42. The first-order valence-corrected chi connectivity index (χ1v) is 7.11. The van der Waals surface area contributed by atoms with Gasteiger partial charge in [-0.3, -0.25) is 0 Å². The number of hydrogen-bond acceptors (Lipinski definition) is 7. The summed E-state index contributed by atoms with van der Waals surface area (Å²) < 4.78 is 0. The average molecular weight is 272 g/mol. The van der Waals surface area contributed by atoms with Crippen LogP contribution < -0.4 is 10.6 Å². The maximum absolute atomic E-state index is 9.04. The van der Waals surface area contributed by atoms with Crippen LogP contribution in [0.5, 0.6) is 0 Å². The summed E-state index contributed by atoms with van der Waals surface area (Å²) in [6.07, 6.45) is 2.91. The van der Waals surface area contributed by atoms with Crippen molar-refractivity contribution in [3.63, 3.8) is 0 Å². The molecule has 0 amide bonds. The number of nitrogens with zero attached hydrogens (tertiary/aromatic N) is 2. The predicted molar refractivity (Wildman–Crippen MR) is 74.2 cm³/mol. The van der Waals surface area contributed by atoms with E-state index in [0.29, 0.717) is 11.0 Å². The highest BCUT2D eigenvalue weighted by Gasteiger charge is 2.09. The molecule has 102 valence electrons. The monoisotopic (exact) mass is 272 g/mol. The molecule has 1 heterocycles. The zero-order valence-electron chi connectivity index (χ0n) is 10.7. The summed E-state index contributed by atoms with van der Waals surface area (Å²) in [6, 6.07) is 1.36. The molecule has 1 rings (SSSR count). The van der Waals surface area contributed by atoms with E-state index in [1.165, 1.54) is 11.8 Å². The summed E-state index contributed by atoms with van der Waals surface area (Å²) in [7, 11) is 0. The molecular formula is C11H20N4O2S. The lowest BCUT2D eigenvalue weighted by Gasteiger charge is -2.15. The maximum Gasteiger partial charge on any atom is 0.191 e. The highest BCUT2D eigenvalue weighted by atomic mass is 32.2. The molecule has 18 heavy (non-hydrogen) atoms. The molecule has 0 spiro atoms. The minimum absolute atomic E-state index is 0.146. The van der Waals surface area contributed by atoms with Crippen LogP contribution >= 0.6 is 11.8 Å². The van der Waals surface area contributed by atoms with E-state index in [4.69, 9.17) is 10.2 Å². The van der Waals surface area contributed by atoms with Crippen LogP contribution in [0.2, 0.25) is 0 Å². The molecule has 1 aromatic rings. The van der Waals surface area contributed by atoms with E-state index >= 15 is 0 Å². The molecule has 0 saturated carbocycles. The number of aliphatic hydroxyl groups excluding tert-OH is 2. The van der Waals surface area contributed by atoms with Crippen LogP contribution in [0.4, 0.5) is 11.6 Å². The zero-order valence-corrected chi connectivity index (χ0v) is 11.5. The molecular weight excluding hydrogens is 252 g/mol. The van der Waals surface area contributed by atoms with E-state index in [9.17, 15) is 0 Å². The Labute approximate surface area is 111 Å². The number of rotatable bonds is 8. The quantitative estimate of drug-likeness (QED) is 0.411. The highest BCUT2D eigenvalue weighted by molar-refractivity contribution is 7.98. The Balaban J connectivity index is 2.82. The van der Waals surface area contributed by atoms with Crippen LogP contribution in [0, 0.1) is 0 Å². The second kappa shape index (κ2) is 8.12. The Bertz CT molecular complexity index is 361. The van der Waals surface area contributed by atoms with E-state index in [-0.39, 0.29) is 13.2 Å². The molecule has 0 saturated heterocycles. The second-order valence-corrected chi connectivity index (χ2v) is 4.53. The molecule has 0 bridgehead atoms. The predicted octanol–water partition coefficient (Wildman–Crippen LogP) is 0.785. The number of anilines is 2. The molecule has 7 heteroatoms. The van der Waals surface area contributed by atoms with Gasteiger partial charge in [0.2, 0.25) is 0 Å². The van der Waals surface area contributed by atoms with Gasteiger partial charge in [0.25, 0.3) is 0 Å². The Morgan fingerprint density at radius 1 is 1.28 bits per heavy atom. The first-order valence-electron chi connectivity index (χ1n) is 5.88. The van der Waals surface area contributed by atoms with Crippen molar-refractivity contribution in [2.24, 2.45) is 0 Å². The first-order chi connectivity index (χ1) is 8.73. The van der Waals surface area contributed by atoms with Crippen molar-refractivity contribution in [3.8, 4) is 0 Å². The lowest BCUT2D eigenvalue weighted by molar-refractivity contribution is 0.203. The number of aromatic nitrogens is 2. The third kappa shape index (κ3) is 4.67. The van der Waals surface area contributed by atoms with Crippen molar-refractivity contribution in [1.29, 1.82) is 0 Å². The topological polar surface area (TPSA) is 90.3 Å². The second-order valence-electron chi connectivity index (χ2n) is 3.76. The molecule has 0 unspecified atom stereocenters. The Morgan fingerprint density at radius 2 is 1.94 bits per heavy atom. The summed E-state index contributed by atoms with van der Waals surface area (Å²) >= 11 is 1.45. The van der Waals surface area contributed by atoms with Crippen LogP contribution in [-0.2, 0) is 0 Å². The fourth-order valence-corrected chi connectivity index (χ4v) is 1.67. The fraction of sp³-hybridized carbons (Fsp3) is 0.636. The van der Waals surface area contributed by atoms with E-state index in [1.807, 2.05) is 6.26 Å². The normalized spacial score (nSPS) is 10.7. The van der Waals surface area contributed by atoms with Gasteiger partial charge in [0.05, 0.1) is 19.3 Å². The van der Waals surface area contributed by atoms with Gasteiger partial charge in [0.15, 0.2) is 5.16 Å². The van der Waals surface area contributed by atoms with Crippen molar-refractivity contribution >= 4 is 23.4 Å². The Morgan fingerprint density at radius 3 is 2.50 bits per heavy atom. The largest absolute Gasteiger partial charge is 0.394 e. The summed E-state index contributed by atoms with van der Waals surface area (Å²) in [5, 5.41) is 24.9. The van der Waals surface area contributed by atoms with Crippen molar-refractivity contribution in [2.45, 2.75) is 24.5 Å². The van der Waals surface area contributed by atoms with Gasteiger partial charge >= 0.3 is 0 Å². The fourth-order valence-electron chi connectivity index (χ4n) is 1.29. The van der Waals surface area contributed by atoms with Crippen LogP contribution in [0.15, 0.2) is 11.2 Å². The van der Waals surface area contributed by atoms with Gasteiger partial charge < -0.3 is 20.8 Å². The number of nitrogens with one attached hydrogen (secondary N) is 2. The lowest BCUT2D eigenvalue weighted by Crippen LogP contribution is -2.28. The third-order valence-corrected chi connectivity index (χ3v) is 2.78. The summed E-state index contributed by atoms with van der Waals surface area (Å²) in [6.45, 7) is 2.63. The number of hydrogen-bond donors (Lipinski definition) is 4. The van der Waals surface area contributed by atoms with Crippen molar-refractivity contribution in [3.05, 3.63) is 6.07 Å². The molecule has 0 atom stereocenters. The zero-order chi connectivity index (χ0) is 13.4. The standard InChI is InChI=1S/C11H20N4O2S/c1-3-4-12-9-5-10(13-8(6-16)7-17)15-11(14-9)18-2/h5,8,16-17H,3-4,6-7H2,1-2H3,(H2,12,13,14,15). The van der Waals surface area contributed by atoms with Gasteiger partial charge in [-0.25, -0.2) is 9.97 Å². The molecule has 0 aromatic carbocycles. The van der Waals surface area contributed by atoms with Gasteiger partial charge in [0, 0.05) is 12.6 Å². The molecule has 1 aromatic heterocycles. The van der Waals surface area contributed by atoms with Crippen molar-refractivity contribution < 1.29 is 10.2 Å². The molecule has 0 aliphatic carbocycles. The molecule has 0 aliphatic heterocycles.